The van der Waals surface area contributed by atoms with E-state index in [2.05, 4.69) is 4.89 Å². The van der Waals surface area contributed by atoms with Gasteiger partial charge in [-0.1, -0.05) is 30.1 Å². The standard InChI is InChI=1S/C3H6Cl2O2/c1-2-3(4,5)7-6/h6H,2H2,1H3. The Morgan fingerprint density at radius 3 is 2.14 bits per heavy atom. The summed E-state index contributed by atoms with van der Waals surface area (Å²) in [6.07, 6.45) is 0.354. The van der Waals surface area contributed by atoms with Gasteiger partial charge < -0.3 is 0 Å². The number of hydrogen-bond donors (Lipinski definition) is 1. The topological polar surface area (TPSA) is 29.5 Å². The lowest BCUT2D eigenvalue weighted by atomic mass is 10.5. The van der Waals surface area contributed by atoms with E-state index < -0.39 is 4.52 Å². The Labute approximate surface area is 51.9 Å². The lowest BCUT2D eigenvalue weighted by Gasteiger charge is -2.09. The van der Waals surface area contributed by atoms with Crippen LogP contribution in [-0.2, 0) is 4.89 Å². The molecule has 0 unspecified atom stereocenters. The summed E-state index contributed by atoms with van der Waals surface area (Å²) >= 11 is 10.4. The van der Waals surface area contributed by atoms with Crippen LogP contribution >= 0.6 is 23.2 Å². The average Bonchev–Trinajstić information content (AvgIpc) is 1.68. The van der Waals surface area contributed by atoms with Crippen molar-refractivity contribution in [1.29, 1.82) is 0 Å². The third-order valence-corrected chi connectivity index (χ3v) is 1.22. The minimum atomic E-state index is -1.42. The maximum atomic E-state index is 7.83. The fourth-order valence-corrected chi connectivity index (χ4v) is 0.0645. The van der Waals surface area contributed by atoms with E-state index in [9.17, 15) is 0 Å². The molecular weight excluding hydrogens is 139 g/mol. The minimum absolute atomic E-state index is 0.354. The van der Waals surface area contributed by atoms with Gasteiger partial charge in [0, 0.05) is 6.42 Å². The van der Waals surface area contributed by atoms with Crippen molar-refractivity contribution in [3.05, 3.63) is 0 Å². The van der Waals surface area contributed by atoms with Gasteiger partial charge in [-0.05, 0) is 0 Å². The lowest BCUT2D eigenvalue weighted by Crippen LogP contribution is -2.12. The summed E-state index contributed by atoms with van der Waals surface area (Å²) in [5.74, 6) is 0. The van der Waals surface area contributed by atoms with E-state index in [1.807, 2.05) is 0 Å². The molecule has 0 aliphatic heterocycles. The predicted molar refractivity (Wildman–Crippen MR) is 28.4 cm³/mol. The van der Waals surface area contributed by atoms with Gasteiger partial charge in [-0.25, -0.2) is 5.26 Å². The van der Waals surface area contributed by atoms with E-state index >= 15 is 0 Å². The fraction of sp³-hybridized carbons (Fsp3) is 1.00. The molecular formula is C3H6Cl2O2. The molecule has 0 aliphatic carbocycles. The van der Waals surface area contributed by atoms with Gasteiger partial charge in [-0.15, -0.1) is 0 Å². The van der Waals surface area contributed by atoms with Gasteiger partial charge in [0.2, 0.25) is 4.52 Å². The molecule has 0 bridgehead atoms. The summed E-state index contributed by atoms with van der Waals surface area (Å²) in [6, 6.07) is 0. The Morgan fingerprint density at radius 2 is 2.14 bits per heavy atom. The van der Waals surface area contributed by atoms with Gasteiger partial charge in [0.15, 0.2) is 0 Å². The number of halogens is 2. The number of hydrogen-bond acceptors (Lipinski definition) is 2. The molecule has 0 rings (SSSR count). The Balaban J connectivity index is 3.36. The normalized spacial score (nSPS) is 12.0. The Kier molecular flexibility index (Phi) is 2.92. The van der Waals surface area contributed by atoms with Gasteiger partial charge in [0.05, 0.1) is 0 Å². The van der Waals surface area contributed by atoms with Gasteiger partial charge >= 0.3 is 0 Å². The highest BCUT2D eigenvalue weighted by molar-refractivity contribution is 6.47. The van der Waals surface area contributed by atoms with E-state index in [0.29, 0.717) is 6.42 Å². The molecule has 1 N–H and O–H groups in total. The molecule has 0 amide bonds. The summed E-state index contributed by atoms with van der Waals surface area (Å²) in [4.78, 5) is 3.62. The molecule has 0 saturated heterocycles. The molecule has 2 nitrogen and oxygen atoms in total. The van der Waals surface area contributed by atoms with Crippen LogP contribution in [0.15, 0.2) is 0 Å². The third kappa shape index (κ3) is 3.12. The third-order valence-electron chi connectivity index (χ3n) is 0.545. The van der Waals surface area contributed by atoms with E-state index in [0.717, 1.165) is 0 Å². The molecule has 7 heavy (non-hydrogen) atoms. The summed E-state index contributed by atoms with van der Waals surface area (Å²) in [5, 5.41) is 7.83. The zero-order valence-corrected chi connectivity index (χ0v) is 5.33. The van der Waals surface area contributed by atoms with E-state index in [4.69, 9.17) is 28.5 Å². The summed E-state index contributed by atoms with van der Waals surface area (Å²) < 4.78 is -1.42. The predicted octanol–water partition coefficient (Wildman–Crippen LogP) is 2.02. The van der Waals surface area contributed by atoms with Crippen molar-refractivity contribution < 1.29 is 10.1 Å². The van der Waals surface area contributed by atoms with E-state index in [1.165, 1.54) is 0 Å². The Hall–Kier alpha value is 0.500. The second kappa shape index (κ2) is 2.72. The molecule has 0 saturated carbocycles. The zero-order valence-electron chi connectivity index (χ0n) is 3.82. The summed E-state index contributed by atoms with van der Waals surface area (Å²) in [5.41, 5.74) is 0. The van der Waals surface area contributed by atoms with Crippen LogP contribution < -0.4 is 0 Å². The molecule has 0 heterocycles. The van der Waals surface area contributed by atoms with Crippen molar-refractivity contribution in [3.63, 3.8) is 0 Å². The lowest BCUT2D eigenvalue weighted by molar-refractivity contribution is -0.270. The minimum Gasteiger partial charge on any atom is -0.249 e. The maximum Gasteiger partial charge on any atom is 0.249 e. The SMILES string of the molecule is CCC(Cl)(Cl)OO. The maximum absolute atomic E-state index is 7.83. The molecule has 0 aromatic rings. The van der Waals surface area contributed by atoms with Crippen LogP contribution in [0.25, 0.3) is 0 Å². The van der Waals surface area contributed by atoms with Crippen molar-refractivity contribution in [2.75, 3.05) is 0 Å². The highest BCUT2D eigenvalue weighted by Crippen LogP contribution is 2.24. The first-order chi connectivity index (χ1) is 3.12. The Bertz CT molecular complexity index is 48.9. The van der Waals surface area contributed by atoms with Crippen molar-refractivity contribution in [2.24, 2.45) is 0 Å². The molecule has 0 aromatic carbocycles. The second-order valence-electron chi connectivity index (χ2n) is 1.08. The van der Waals surface area contributed by atoms with Gasteiger partial charge in [0.25, 0.3) is 0 Å². The van der Waals surface area contributed by atoms with Gasteiger partial charge in [-0.3, -0.25) is 0 Å². The average molecular weight is 145 g/mol. The first-order valence-electron chi connectivity index (χ1n) is 1.83. The molecule has 44 valence electrons. The van der Waals surface area contributed by atoms with Crippen LogP contribution in [0, 0.1) is 0 Å². The van der Waals surface area contributed by atoms with Crippen LogP contribution in [0.4, 0.5) is 0 Å². The van der Waals surface area contributed by atoms with Crippen molar-refractivity contribution in [2.45, 2.75) is 17.9 Å². The molecule has 0 radical (unpaired) electrons. The van der Waals surface area contributed by atoms with Crippen LogP contribution in [-0.4, -0.2) is 9.78 Å². The number of rotatable bonds is 2. The largest absolute Gasteiger partial charge is 0.249 e. The highest BCUT2D eigenvalue weighted by atomic mass is 35.5. The van der Waals surface area contributed by atoms with Crippen molar-refractivity contribution >= 4 is 23.2 Å². The van der Waals surface area contributed by atoms with Gasteiger partial charge in [-0.2, -0.15) is 4.89 Å². The van der Waals surface area contributed by atoms with Crippen LogP contribution in [0.1, 0.15) is 13.3 Å². The Morgan fingerprint density at radius 1 is 1.71 bits per heavy atom. The molecule has 0 aliphatic rings. The molecule has 0 atom stereocenters. The van der Waals surface area contributed by atoms with E-state index in [-0.39, 0.29) is 0 Å². The van der Waals surface area contributed by atoms with Crippen molar-refractivity contribution in [3.8, 4) is 0 Å². The molecule has 0 fully saturated rings. The zero-order chi connectivity index (χ0) is 5.91. The van der Waals surface area contributed by atoms with Gasteiger partial charge in [0.1, 0.15) is 0 Å². The van der Waals surface area contributed by atoms with Crippen LogP contribution in [0.3, 0.4) is 0 Å². The second-order valence-corrected chi connectivity index (χ2v) is 2.50. The summed E-state index contributed by atoms with van der Waals surface area (Å²) in [6.45, 7) is 1.69. The quantitative estimate of drug-likeness (QED) is 0.365. The first kappa shape index (κ1) is 7.50. The smallest absolute Gasteiger partial charge is 0.249 e. The molecule has 4 heteroatoms. The summed E-state index contributed by atoms with van der Waals surface area (Å²) in [7, 11) is 0. The molecule has 0 aromatic heterocycles. The number of alkyl halides is 2. The fourth-order valence-electron chi connectivity index (χ4n) is 0.0645. The van der Waals surface area contributed by atoms with Crippen LogP contribution in [0.2, 0.25) is 0 Å². The van der Waals surface area contributed by atoms with E-state index in [1.54, 1.807) is 6.92 Å². The van der Waals surface area contributed by atoms with Crippen LogP contribution in [0.5, 0.6) is 0 Å². The van der Waals surface area contributed by atoms with Crippen molar-refractivity contribution in [1.82, 2.24) is 0 Å². The first-order valence-corrected chi connectivity index (χ1v) is 2.58. The monoisotopic (exact) mass is 144 g/mol. The molecule has 0 spiro atoms. The highest BCUT2D eigenvalue weighted by Gasteiger charge is 2.20.